The van der Waals surface area contributed by atoms with Crippen molar-refractivity contribution in [1.29, 1.82) is 0 Å². The smallest absolute Gasteiger partial charge is 0.153 e. The Bertz CT molecular complexity index is 648. The Morgan fingerprint density at radius 1 is 1.26 bits per heavy atom. The van der Waals surface area contributed by atoms with Crippen molar-refractivity contribution in [3.63, 3.8) is 0 Å². The first-order valence-electron chi connectivity index (χ1n) is 6.50. The molecule has 0 aliphatic carbocycles. The van der Waals surface area contributed by atoms with Crippen molar-refractivity contribution in [2.45, 2.75) is 13.8 Å². The van der Waals surface area contributed by atoms with Gasteiger partial charge in [0.05, 0.1) is 0 Å². The summed E-state index contributed by atoms with van der Waals surface area (Å²) in [5, 5.41) is 11.6. The van der Waals surface area contributed by atoms with E-state index in [4.69, 9.17) is 4.42 Å². The Hall–Kier alpha value is -2.23. The van der Waals surface area contributed by atoms with Crippen LogP contribution < -0.4 is 5.32 Å². The lowest BCUT2D eigenvalue weighted by Crippen LogP contribution is -2.07. The summed E-state index contributed by atoms with van der Waals surface area (Å²) in [5.74, 6) is 2.25. The predicted molar refractivity (Wildman–Crippen MR) is 77.1 cm³/mol. The van der Waals surface area contributed by atoms with Crippen molar-refractivity contribution in [3.8, 4) is 11.5 Å². The molecule has 0 fully saturated rings. The van der Waals surface area contributed by atoms with Gasteiger partial charge in [-0.2, -0.15) is 5.10 Å². The minimum absolute atomic E-state index is 0.589. The fraction of sp³-hybridized carbons (Fsp3) is 0.267. The van der Waals surface area contributed by atoms with Crippen LogP contribution in [0.4, 0.5) is 5.82 Å². The summed E-state index contributed by atoms with van der Waals surface area (Å²) < 4.78 is 5.79. The van der Waals surface area contributed by atoms with Crippen LogP contribution in [0.3, 0.4) is 0 Å². The van der Waals surface area contributed by atoms with Crippen molar-refractivity contribution in [2.75, 3.05) is 11.9 Å². The van der Waals surface area contributed by atoms with Crippen LogP contribution in [0.25, 0.3) is 22.4 Å². The summed E-state index contributed by atoms with van der Waals surface area (Å²) in [6.07, 6.45) is 0. The van der Waals surface area contributed by atoms with Crippen LogP contribution in [0.2, 0.25) is 0 Å². The molecule has 0 saturated heterocycles. The molecule has 3 rings (SSSR count). The molecule has 4 nitrogen and oxygen atoms in total. The molecule has 2 N–H and O–H groups in total. The third-order valence-corrected chi connectivity index (χ3v) is 2.96. The maximum absolute atomic E-state index is 5.79. The molecule has 0 aliphatic heterocycles. The minimum atomic E-state index is 0.589. The zero-order valence-electron chi connectivity index (χ0n) is 11.1. The number of H-pyrrole nitrogens is 1. The lowest BCUT2D eigenvalue weighted by molar-refractivity contribution is 0.628. The first-order chi connectivity index (χ1) is 9.22. The summed E-state index contributed by atoms with van der Waals surface area (Å²) in [6.45, 7) is 5.24. The Morgan fingerprint density at radius 2 is 2.11 bits per heavy atom. The van der Waals surface area contributed by atoms with E-state index < -0.39 is 0 Å². The molecular formula is C15H17N3O. The molecule has 0 spiro atoms. The second-order valence-corrected chi connectivity index (χ2v) is 5.09. The van der Waals surface area contributed by atoms with E-state index in [0.717, 1.165) is 34.8 Å². The van der Waals surface area contributed by atoms with E-state index in [9.17, 15) is 0 Å². The SMILES string of the molecule is CC(C)CNc1cc(-c2cc3ccccc3o2)[nH]n1. The number of furan rings is 1. The highest BCUT2D eigenvalue weighted by Crippen LogP contribution is 2.27. The number of aromatic nitrogens is 2. The Balaban J connectivity index is 1.85. The highest BCUT2D eigenvalue weighted by Gasteiger charge is 2.09. The van der Waals surface area contributed by atoms with E-state index >= 15 is 0 Å². The third kappa shape index (κ3) is 2.47. The van der Waals surface area contributed by atoms with Crippen LogP contribution >= 0.6 is 0 Å². The van der Waals surface area contributed by atoms with Gasteiger partial charge in [0, 0.05) is 18.0 Å². The lowest BCUT2D eigenvalue weighted by atomic mass is 10.2. The molecule has 2 aromatic heterocycles. The number of rotatable bonds is 4. The highest BCUT2D eigenvalue weighted by atomic mass is 16.3. The molecule has 0 atom stereocenters. The van der Waals surface area contributed by atoms with Gasteiger partial charge in [-0.05, 0) is 18.1 Å². The van der Waals surface area contributed by atoms with Crippen molar-refractivity contribution < 1.29 is 4.42 Å². The number of para-hydroxylation sites is 1. The molecule has 0 bridgehead atoms. The van der Waals surface area contributed by atoms with E-state index in [1.165, 1.54) is 0 Å². The van der Waals surface area contributed by atoms with Gasteiger partial charge in [0.1, 0.15) is 17.1 Å². The highest BCUT2D eigenvalue weighted by molar-refractivity contribution is 5.82. The van der Waals surface area contributed by atoms with Gasteiger partial charge in [0.15, 0.2) is 5.76 Å². The number of aromatic amines is 1. The summed E-state index contributed by atoms with van der Waals surface area (Å²) in [4.78, 5) is 0. The van der Waals surface area contributed by atoms with Gasteiger partial charge in [-0.15, -0.1) is 0 Å². The molecule has 2 heterocycles. The van der Waals surface area contributed by atoms with E-state index in [1.54, 1.807) is 0 Å². The number of nitrogens with zero attached hydrogens (tertiary/aromatic N) is 1. The first-order valence-corrected chi connectivity index (χ1v) is 6.50. The Kier molecular flexibility index (Phi) is 2.99. The van der Waals surface area contributed by atoms with E-state index in [1.807, 2.05) is 36.4 Å². The van der Waals surface area contributed by atoms with Gasteiger partial charge in [0.2, 0.25) is 0 Å². The molecule has 1 aromatic carbocycles. The van der Waals surface area contributed by atoms with Crippen LogP contribution in [-0.4, -0.2) is 16.7 Å². The zero-order chi connectivity index (χ0) is 13.2. The van der Waals surface area contributed by atoms with Gasteiger partial charge >= 0.3 is 0 Å². The molecule has 0 radical (unpaired) electrons. The largest absolute Gasteiger partial charge is 0.454 e. The average Bonchev–Trinajstić information content (AvgIpc) is 3.02. The summed E-state index contributed by atoms with van der Waals surface area (Å²) in [5.41, 5.74) is 1.78. The van der Waals surface area contributed by atoms with Crippen molar-refractivity contribution in [2.24, 2.45) is 5.92 Å². The maximum atomic E-state index is 5.79. The second-order valence-electron chi connectivity index (χ2n) is 5.09. The summed E-state index contributed by atoms with van der Waals surface area (Å²) >= 11 is 0. The van der Waals surface area contributed by atoms with E-state index in [-0.39, 0.29) is 0 Å². The Morgan fingerprint density at radius 3 is 2.89 bits per heavy atom. The average molecular weight is 255 g/mol. The van der Waals surface area contributed by atoms with Crippen LogP contribution in [0.5, 0.6) is 0 Å². The maximum Gasteiger partial charge on any atom is 0.153 e. The number of hydrogen-bond acceptors (Lipinski definition) is 3. The molecule has 0 unspecified atom stereocenters. The zero-order valence-corrected chi connectivity index (χ0v) is 11.1. The van der Waals surface area contributed by atoms with Crippen LogP contribution in [0, 0.1) is 5.92 Å². The normalized spacial score (nSPS) is 11.3. The lowest BCUT2D eigenvalue weighted by Gasteiger charge is -2.04. The predicted octanol–water partition coefficient (Wildman–Crippen LogP) is 3.89. The number of anilines is 1. The standard InChI is InChI=1S/C15H17N3O/c1-10(2)9-16-15-8-12(17-18-15)14-7-11-5-3-4-6-13(11)19-14/h3-8,10H,9H2,1-2H3,(H2,16,17,18). The third-order valence-electron chi connectivity index (χ3n) is 2.96. The van der Waals surface area contributed by atoms with Crippen LogP contribution in [0.15, 0.2) is 40.8 Å². The molecular weight excluding hydrogens is 238 g/mol. The number of benzene rings is 1. The van der Waals surface area contributed by atoms with Gasteiger partial charge in [-0.1, -0.05) is 32.0 Å². The van der Waals surface area contributed by atoms with Gasteiger partial charge in [-0.3, -0.25) is 5.10 Å². The molecule has 0 aliphatic rings. The minimum Gasteiger partial charge on any atom is -0.454 e. The fourth-order valence-corrected chi connectivity index (χ4v) is 1.96. The second kappa shape index (κ2) is 4.80. The van der Waals surface area contributed by atoms with Crippen molar-refractivity contribution in [1.82, 2.24) is 10.2 Å². The van der Waals surface area contributed by atoms with Gasteiger partial charge < -0.3 is 9.73 Å². The molecule has 19 heavy (non-hydrogen) atoms. The van der Waals surface area contributed by atoms with Gasteiger partial charge in [-0.25, -0.2) is 0 Å². The monoisotopic (exact) mass is 255 g/mol. The van der Waals surface area contributed by atoms with E-state index in [2.05, 4.69) is 29.4 Å². The van der Waals surface area contributed by atoms with Crippen LogP contribution in [0.1, 0.15) is 13.8 Å². The van der Waals surface area contributed by atoms with Gasteiger partial charge in [0.25, 0.3) is 0 Å². The molecule has 98 valence electrons. The number of hydrogen-bond donors (Lipinski definition) is 2. The van der Waals surface area contributed by atoms with Crippen molar-refractivity contribution in [3.05, 3.63) is 36.4 Å². The number of fused-ring (bicyclic) bond motifs is 1. The Labute approximate surface area is 111 Å². The molecule has 3 aromatic rings. The topological polar surface area (TPSA) is 53.9 Å². The molecule has 0 saturated carbocycles. The number of nitrogens with one attached hydrogen (secondary N) is 2. The fourth-order valence-electron chi connectivity index (χ4n) is 1.96. The van der Waals surface area contributed by atoms with E-state index in [0.29, 0.717) is 5.92 Å². The first kappa shape index (κ1) is 11.8. The quantitative estimate of drug-likeness (QED) is 0.743. The molecule has 0 amide bonds. The summed E-state index contributed by atoms with van der Waals surface area (Å²) in [6, 6.07) is 12.0. The summed E-state index contributed by atoms with van der Waals surface area (Å²) in [7, 11) is 0. The van der Waals surface area contributed by atoms with Crippen molar-refractivity contribution >= 4 is 16.8 Å². The van der Waals surface area contributed by atoms with Crippen LogP contribution in [-0.2, 0) is 0 Å². The molecule has 4 heteroatoms.